The first-order valence-corrected chi connectivity index (χ1v) is 7.93. The molecule has 4 nitrogen and oxygen atoms in total. The largest absolute Gasteiger partial charge is 0.348 e. The quantitative estimate of drug-likeness (QED) is 0.566. The Balaban J connectivity index is 2.05. The lowest BCUT2D eigenvalue weighted by Crippen LogP contribution is -2.43. The highest BCUT2D eigenvalue weighted by molar-refractivity contribution is 7.80. The maximum Gasteiger partial charge on any atom is 0.133 e. The second kappa shape index (κ2) is 6.30. The Bertz CT molecular complexity index is 840. The van der Waals surface area contributed by atoms with E-state index >= 15 is 0 Å². The van der Waals surface area contributed by atoms with Crippen LogP contribution in [0.25, 0.3) is 11.0 Å². The van der Waals surface area contributed by atoms with E-state index in [0.717, 1.165) is 23.1 Å². The fraction of sp³-hybridized carbons (Fsp3) is 0.167. The van der Waals surface area contributed by atoms with Gasteiger partial charge in [-0.25, -0.2) is 4.68 Å². The standard InChI is InChI=1S/C18H18N4S/c1-3-18(4-2,17(23)19-14-10-6-5-7-11-14)22-16-13-9-8-12-15(16)20-21-22/h3,5-13H,1,4H2,2H3,(H,19,23). The number of hydrogen-bond donors (Lipinski definition) is 1. The number of nitrogens with one attached hydrogen (secondary N) is 1. The maximum absolute atomic E-state index is 5.71. The molecule has 0 amide bonds. The lowest BCUT2D eigenvalue weighted by Gasteiger charge is -2.31. The van der Waals surface area contributed by atoms with Gasteiger partial charge in [-0.1, -0.05) is 60.8 Å². The highest BCUT2D eigenvalue weighted by Gasteiger charge is 2.34. The summed E-state index contributed by atoms with van der Waals surface area (Å²) in [6.07, 6.45) is 2.56. The van der Waals surface area contributed by atoms with Gasteiger partial charge in [-0.15, -0.1) is 11.7 Å². The van der Waals surface area contributed by atoms with Gasteiger partial charge in [-0.05, 0) is 30.7 Å². The van der Waals surface area contributed by atoms with E-state index in [1.54, 1.807) is 0 Å². The Hall–Kier alpha value is -2.53. The molecule has 0 aliphatic heterocycles. The van der Waals surface area contributed by atoms with Crippen LogP contribution >= 0.6 is 12.2 Å². The topological polar surface area (TPSA) is 42.7 Å². The maximum atomic E-state index is 5.71. The van der Waals surface area contributed by atoms with Crippen molar-refractivity contribution in [3.8, 4) is 0 Å². The molecule has 116 valence electrons. The molecule has 1 atom stereocenters. The minimum Gasteiger partial charge on any atom is -0.348 e. The molecule has 0 aliphatic carbocycles. The Morgan fingerprint density at radius 2 is 1.91 bits per heavy atom. The van der Waals surface area contributed by atoms with Crippen molar-refractivity contribution in [1.82, 2.24) is 15.0 Å². The molecule has 0 spiro atoms. The number of thiocarbonyl (C=S) groups is 1. The van der Waals surface area contributed by atoms with Gasteiger partial charge in [0.1, 0.15) is 16.0 Å². The number of benzene rings is 2. The molecule has 0 fully saturated rings. The van der Waals surface area contributed by atoms with Crippen molar-refractivity contribution >= 4 is 33.9 Å². The molecule has 1 N–H and O–H groups in total. The Labute approximate surface area is 140 Å². The summed E-state index contributed by atoms with van der Waals surface area (Å²) >= 11 is 5.71. The van der Waals surface area contributed by atoms with Crippen molar-refractivity contribution < 1.29 is 0 Å². The summed E-state index contributed by atoms with van der Waals surface area (Å²) in [5, 5.41) is 11.9. The van der Waals surface area contributed by atoms with Gasteiger partial charge < -0.3 is 5.32 Å². The molecule has 2 aromatic carbocycles. The highest BCUT2D eigenvalue weighted by Crippen LogP contribution is 2.28. The molecule has 23 heavy (non-hydrogen) atoms. The Kier molecular flexibility index (Phi) is 4.21. The highest BCUT2D eigenvalue weighted by atomic mass is 32.1. The first-order valence-electron chi connectivity index (χ1n) is 7.52. The monoisotopic (exact) mass is 322 g/mol. The number of aromatic nitrogens is 3. The molecule has 0 saturated heterocycles. The van der Waals surface area contributed by atoms with Crippen LogP contribution in [0.5, 0.6) is 0 Å². The van der Waals surface area contributed by atoms with Crippen LogP contribution in [0.2, 0.25) is 0 Å². The number of hydrogen-bond acceptors (Lipinski definition) is 3. The van der Waals surface area contributed by atoms with E-state index in [2.05, 4.69) is 29.1 Å². The van der Waals surface area contributed by atoms with Crippen molar-refractivity contribution in [3.63, 3.8) is 0 Å². The summed E-state index contributed by atoms with van der Waals surface area (Å²) in [6, 6.07) is 17.7. The van der Waals surface area contributed by atoms with E-state index in [9.17, 15) is 0 Å². The first kappa shape index (κ1) is 15.4. The van der Waals surface area contributed by atoms with Gasteiger partial charge in [0, 0.05) is 5.69 Å². The molecule has 3 aromatic rings. The number of rotatable bonds is 5. The zero-order valence-corrected chi connectivity index (χ0v) is 13.8. The molecule has 1 aromatic heterocycles. The van der Waals surface area contributed by atoms with E-state index in [0.29, 0.717) is 4.99 Å². The van der Waals surface area contributed by atoms with Crippen LogP contribution in [0.15, 0.2) is 67.3 Å². The SMILES string of the molecule is C=CC(CC)(C(=S)Nc1ccccc1)n1nnc2ccccc21. The number of para-hydroxylation sites is 2. The fourth-order valence-corrected chi connectivity index (χ4v) is 3.09. The second-order valence-electron chi connectivity index (χ2n) is 5.29. The van der Waals surface area contributed by atoms with Crippen molar-refractivity contribution in [1.29, 1.82) is 0 Å². The molecular weight excluding hydrogens is 304 g/mol. The van der Waals surface area contributed by atoms with E-state index in [-0.39, 0.29) is 0 Å². The molecule has 0 saturated carbocycles. The Morgan fingerprint density at radius 1 is 1.22 bits per heavy atom. The van der Waals surface area contributed by atoms with Crippen LogP contribution in [0.4, 0.5) is 5.69 Å². The number of fused-ring (bicyclic) bond motifs is 1. The van der Waals surface area contributed by atoms with Gasteiger partial charge >= 0.3 is 0 Å². The van der Waals surface area contributed by atoms with Gasteiger partial charge in [0.2, 0.25) is 0 Å². The minimum absolute atomic E-state index is 0.624. The normalized spacial score (nSPS) is 13.4. The third-order valence-electron chi connectivity index (χ3n) is 4.03. The summed E-state index contributed by atoms with van der Waals surface area (Å²) in [5.74, 6) is 0. The lowest BCUT2D eigenvalue weighted by atomic mass is 9.95. The van der Waals surface area contributed by atoms with Crippen molar-refractivity contribution in [3.05, 3.63) is 67.3 Å². The van der Waals surface area contributed by atoms with Crippen LogP contribution in [0.3, 0.4) is 0 Å². The van der Waals surface area contributed by atoms with Gasteiger partial charge in [-0.2, -0.15) is 0 Å². The predicted octanol–water partition coefficient (Wildman–Crippen LogP) is 4.16. The minimum atomic E-state index is -0.624. The third kappa shape index (κ3) is 2.64. The van der Waals surface area contributed by atoms with E-state index in [4.69, 9.17) is 12.2 Å². The Morgan fingerprint density at radius 3 is 2.61 bits per heavy atom. The van der Waals surface area contributed by atoms with Crippen LogP contribution in [0.1, 0.15) is 13.3 Å². The molecular formula is C18H18N4S. The summed E-state index contributed by atoms with van der Waals surface area (Å²) in [5.41, 5.74) is 2.10. The van der Waals surface area contributed by atoms with Gasteiger partial charge in [-0.3, -0.25) is 0 Å². The predicted molar refractivity (Wildman–Crippen MR) is 98.7 cm³/mol. The fourth-order valence-electron chi connectivity index (χ4n) is 2.65. The molecule has 0 bridgehead atoms. The smallest absolute Gasteiger partial charge is 0.133 e. The van der Waals surface area contributed by atoms with Gasteiger partial charge in [0.05, 0.1) is 5.52 Å². The van der Waals surface area contributed by atoms with Crippen LogP contribution in [-0.4, -0.2) is 20.0 Å². The second-order valence-corrected chi connectivity index (χ2v) is 5.70. The first-order chi connectivity index (χ1) is 11.2. The summed E-state index contributed by atoms with van der Waals surface area (Å²) < 4.78 is 1.85. The molecule has 1 heterocycles. The number of anilines is 1. The van der Waals surface area contributed by atoms with Gasteiger partial charge in [0.25, 0.3) is 0 Å². The molecule has 1 unspecified atom stereocenters. The van der Waals surface area contributed by atoms with E-state index < -0.39 is 5.54 Å². The third-order valence-corrected chi connectivity index (χ3v) is 4.49. The van der Waals surface area contributed by atoms with Crippen LogP contribution < -0.4 is 5.32 Å². The molecule has 0 radical (unpaired) electrons. The van der Waals surface area contributed by atoms with E-state index in [1.807, 2.05) is 65.4 Å². The molecule has 0 aliphatic rings. The van der Waals surface area contributed by atoms with Crippen molar-refractivity contribution in [2.75, 3.05) is 5.32 Å². The van der Waals surface area contributed by atoms with Crippen molar-refractivity contribution in [2.45, 2.75) is 18.9 Å². The van der Waals surface area contributed by atoms with Gasteiger partial charge in [0.15, 0.2) is 0 Å². The zero-order valence-electron chi connectivity index (χ0n) is 12.9. The van der Waals surface area contributed by atoms with E-state index in [1.165, 1.54) is 0 Å². The summed E-state index contributed by atoms with van der Waals surface area (Å²) in [4.78, 5) is 0.650. The average Bonchev–Trinajstić information content (AvgIpc) is 3.02. The van der Waals surface area contributed by atoms with Crippen LogP contribution in [0, 0.1) is 0 Å². The van der Waals surface area contributed by atoms with Crippen LogP contribution in [-0.2, 0) is 5.54 Å². The zero-order chi connectivity index (χ0) is 16.3. The van der Waals surface area contributed by atoms with Crippen molar-refractivity contribution in [2.24, 2.45) is 0 Å². The molecule has 5 heteroatoms. The summed E-state index contributed by atoms with van der Waals surface area (Å²) in [6.45, 7) is 6.08. The lowest BCUT2D eigenvalue weighted by molar-refractivity contribution is 0.441. The summed E-state index contributed by atoms with van der Waals surface area (Å²) in [7, 11) is 0. The average molecular weight is 322 g/mol. The molecule has 3 rings (SSSR count). The number of nitrogens with zero attached hydrogens (tertiary/aromatic N) is 3.